The molecule has 0 radical (unpaired) electrons. The Morgan fingerprint density at radius 3 is 2.48 bits per heavy atom. The second kappa shape index (κ2) is 13.2. The predicted molar refractivity (Wildman–Crippen MR) is 179 cm³/mol. The number of hydrogen-bond donors (Lipinski definition) is 3. The lowest BCUT2D eigenvalue weighted by atomic mass is 9.89. The maximum absolute atomic E-state index is 13.6. The van der Waals surface area contributed by atoms with E-state index in [4.69, 9.17) is 9.15 Å². The van der Waals surface area contributed by atoms with Crippen LogP contribution in [0.1, 0.15) is 30.7 Å². The highest BCUT2D eigenvalue weighted by molar-refractivity contribution is 6.01. The van der Waals surface area contributed by atoms with Crippen molar-refractivity contribution >= 4 is 34.4 Å². The van der Waals surface area contributed by atoms with E-state index in [1.165, 1.54) is 24.8 Å². The summed E-state index contributed by atoms with van der Waals surface area (Å²) in [5.74, 6) is 0.309. The standard InChI is InChI=1S/C35H37FN8O4/c1-37-34-42-41-32(48-34)25-5-3-22(4-6-25)23-13-16-44(17-14-23)30(45)20-43-18-15-35(21-43,47-2)33(46)38-27-11-12-29-28(19-27)31(40-39-29)24-7-9-26(36)10-8-24/h3-12,19,23H,13-18,20-21H2,1-2H3,(H,37,42)(H,38,46)(H,39,40)/t35-/m0/s1. The molecule has 48 heavy (non-hydrogen) atoms. The predicted octanol–water partition coefficient (Wildman–Crippen LogP) is 4.90. The summed E-state index contributed by atoms with van der Waals surface area (Å²) >= 11 is 0. The van der Waals surface area contributed by atoms with Crippen LogP contribution >= 0.6 is 0 Å². The lowest BCUT2D eigenvalue weighted by molar-refractivity contribution is -0.138. The first kappa shape index (κ1) is 31.5. The molecule has 13 heteroatoms. The number of anilines is 2. The zero-order valence-electron chi connectivity index (χ0n) is 26.8. The van der Waals surface area contributed by atoms with E-state index in [0.29, 0.717) is 61.8 Å². The number of likely N-dealkylation sites (tertiary alicyclic amines) is 2. The average molecular weight is 653 g/mol. The fourth-order valence-corrected chi connectivity index (χ4v) is 6.69. The third kappa shape index (κ3) is 6.26. The van der Waals surface area contributed by atoms with Gasteiger partial charge in [-0.05, 0) is 85.3 Å². The highest BCUT2D eigenvalue weighted by Gasteiger charge is 2.45. The summed E-state index contributed by atoms with van der Waals surface area (Å²) in [5.41, 5.74) is 3.83. The van der Waals surface area contributed by atoms with Crippen molar-refractivity contribution in [2.75, 3.05) is 57.5 Å². The minimum absolute atomic E-state index is 0.0616. The number of nitrogens with zero attached hydrogens (tertiary/aromatic N) is 5. The van der Waals surface area contributed by atoms with E-state index < -0.39 is 5.60 Å². The Hall–Kier alpha value is -5.14. The van der Waals surface area contributed by atoms with Crippen LogP contribution in [0.25, 0.3) is 33.6 Å². The smallest absolute Gasteiger partial charge is 0.315 e. The Labute approximate surface area is 276 Å². The molecule has 3 N–H and O–H groups in total. The Bertz CT molecular complexity index is 1920. The zero-order chi connectivity index (χ0) is 33.3. The Morgan fingerprint density at radius 1 is 1.02 bits per heavy atom. The van der Waals surface area contributed by atoms with Crippen molar-refractivity contribution in [1.29, 1.82) is 0 Å². The molecule has 2 fully saturated rings. The number of piperidine rings is 1. The molecule has 0 bridgehead atoms. The molecule has 2 amide bonds. The largest absolute Gasteiger partial charge is 0.403 e. The van der Waals surface area contributed by atoms with Crippen molar-refractivity contribution in [2.45, 2.75) is 30.8 Å². The number of H-pyrrole nitrogens is 1. The topological polar surface area (TPSA) is 142 Å². The van der Waals surface area contributed by atoms with E-state index >= 15 is 0 Å². The van der Waals surface area contributed by atoms with Crippen molar-refractivity contribution in [3.8, 4) is 22.7 Å². The molecule has 0 unspecified atom stereocenters. The van der Waals surface area contributed by atoms with Crippen molar-refractivity contribution in [3.63, 3.8) is 0 Å². The van der Waals surface area contributed by atoms with E-state index in [-0.39, 0.29) is 24.2 Å². The number of aromatic nitrogens is 4. The summed E-state index contributed by atoms with van der Waals surface area (Å²) in [4.78, 5) is 30.9. The summed E-state index contributed by atoms with van der Waals surface area (Å²) in [5, 5.41) is 22.1. The first-order valence-corrected chi connectivity index (χ1v) is 16.1. The number of amides is 2. The Kier molecular flexibility index (Phi) is 8.63. The molecule has 2 aromatic heterocycles. The van der Waals surface area contributed by atoms with Crippen LogP contribution in [-0.4, -0.2) is 94.5 Å². The normalized spacial score (nSPS) is 18.8. The van der Waals surface area contributed by atoms with Gasteiger partial charge in [-0.25, -0.2) is 4.39 Å². The van der Waals surface area contributed by atoms with Crippen LogP contribution in [0.15, 0.2) is 71.1 Å². The van der Waals surface area contributed by atoms with Gasteiger partial charge >= 0.3 is 6.01 Å². The van der Waals surface area contributed by atoms with Gasteiger partial charge in [-0.15, -0.1) is 5.10 Å². The second-order valence-electron chi connectivity index (χ2n) is 12.4. The van der Waals surface area contributed by atoms with Gasteiger partial charge in [0, 0.05) is 62.5 Å². The first-order chi connectivity index (χ1) is 23.3. The van der Waals surface area contributed by atoms with E-state index in [2.05, 4.69) is 43.2 Å². The van der Waals surface area contributed by atoms with Crippen molar-refractivity contribution in [3.05, 3.63) is 78.1 Å². The number of ether oxygens (including phenoxy) is 1. The number of benzene rings is 3. The molecule has 12 nitrogen and oxygen atoms in total. The maximum Gasteiger partial charge on any atom is 0.315 e. The minimum atomic E-state index is -1.08. The molecule has 2 saturated heterocycles. The van der Waals surface area contributed by atoms with E-state index in [9.17, 15) is 14.0 Å². The number of carbonyl (C=O) groups excluding carboxylic acids is 2. The molecule has 0 spiro atoms. The summed E-state index contributed by atoms with van der Waals surface area (Å²) in [6, 6.07) is 20.2. The summed E-state index contributed by atoms with van der Waals surface area (Å²) in [6.07, 6.45) is 2.23. The number of methoxy groups -OCH3 is 1. The monoisotopic (exact) mass is 652 g/mol. The molecule has 2 aliphatic heterocycles. The SMILES string of the molecule is CNc1nnc(-c2ccc(C3CCN(C(=O)CN4CC[C@@](OC)(C(=O)Nc5ccc6[nH]nc(-c7ccc(F)cc7)c6c5)C4)CC3)cc2)o1. The molecule has 3 aromatic carbocycles. The van der Waals surface area contributed by atoms with Crippen molar-refractivity contribution < 1.29 is 23.1 Å². The van der Waals surface area contributed by atoms with Gasteiger partial charge in [0.15, 0.2) is 5.60 Å². The van der Waals surface area contributed by atoms with E-state index in [1.807, 2.05) is 34.1 Å². The molecule has 7 rings (SSSR count). The highest BCUT2D eigenvalue weighted by Crippen LogP contribution is 2.33. The quantitative estimate of drug-likeness (QED) is 0.203. The zero-order valence-corrected chi connectivity index (χ0v) is 26.8. The lowest BCUT2D eigenvalue weighted by Gasteiger charge is -2.33. The minimum Gasteiger partial charge on any atom is -0.403 e. The summed E-state index contributed by atoms with van der Waals surface area (Å²) in [6.45, 7) is 2.48. The fourth-order valence-electron chi connectivity index (χ4n) is 6.69. The molecule has 5 aromatic rings. The number of rotatable bonds is 9. The van der Waals surface area contributed by atoms with Crippen LogP contribution < -0.4 is 10.6 Å². The Morgan fingerprint density at radius 2 is 1.77 bits per heavy atom. The fraction of sp³-hybridized carbons (Fsp3) is 0.343. The molecular formula is C35H37FN8O4. The van der Waals surface area contributed by atoms with Crippen LogP contribution in [0.2, 0.25) is 0 Å². The van der Waals surface area contributed by atoms with Crippen LogP contribution in [-0.2, 0) is 14.3 Å². The van der Waals surface area contributed by atoms with Gasteiger partial charge in [-0.1, -0.05) is 17.2 Å². The van der Waals surface area contributed by atoms with E-state index in [1.54, 1.807) is 25.2 Å². The molecule has 4 heterocycles. The number of carbonyl (C=O) groups is 2. The van der Waals surface area contributed by atoms with Gasteiger partial charge in [0.1, 0.15) is 5.82 Å². The van der Waals surface area contributed by atoms with Gasteiger partial charge in [0.05, 0.1) is 17.8 Å². The third-order valence-corrected chi connectivity index (χ3v) is 9.53. The number of hydrogen-bond acceptors (Lipinski definition) is 9. The van der Waals surface area contributed by atoms with Gasteiger partial charge in [0.25, 0.3) is 5.91 Å². The number of fused-ring (bicyclic) bond motifs is 1. The number of nitrogens with one attached hydrogen (secondary N) is 3. The van der Waals surface area contributed by atoms with Crippen LogP contribution in [0.3, 0.4) is 0 Å². The molecule has 0 saturated carbocycles. The summed E-state index contributed by atoms with van der Waals surface area (Å²) < 4.78 is 24.9. The molecule has 1 atom stereocenters. The van der Waals surface area contributed by atoms with Crippen molar-refractivity contribution in [1.82, 2.24) is 30.2 Å². The van der Waals surface area contributed by atoms with Gasteiger partial charge in [-0.3, -0.25) is 19.6 Å². The number of aromatic amines is 1. The molecular weight excluding hydrogens is 615 g/mol. The molecule has 0 aliphatic carbocycles. The van der Waals surface area contributed by atoms with Gasteiger partial charge in [0.2, 0.25) is 11.8 Å². The second-order valence-corrected chi connectivity index (χ2v) is 12.4. The van der Waals surface area contributed by atoms with Crippen molar-refractivity contribution in [2.24, 2.45) is 0 Å². The summed E-state index contributed by atoms with van der Waals surface area (Å²) in [7, 11) is 3.27. The number of halogens is 1. The van der Waals surface area contributed by atoms with Gasteiger partial charge < -0.3 is 24.7 Å². The Balaban J connectivity index is 0.932. The maximum atomic E-state index is 13.6. The average Bonchev–Trinajstić information content (AvgIpc) is 3.88. The van der Waals surface area contributed by atoms with Crippen LogP contribution in [0.5, 0.6) is 0 Å². The van der Waals surface area contributed by atoms with E-state index in [0.717, 1.165) is 34.9 Å². The third-order valence-electron chi connectivity index (χ3n) is 9.53. The highest BCUT2D eigenvalue weighted by atomic mass is 19.1. The first-order valence-electron chi connectivity index (χ1n) is 16.1. The molecule has 248 valence electrons. The van der Waals surface area contributed by atoms with Crippen LogP contribution in [0, 0.1) is 5.82 Å². The lowest BCUT2D eigenvalue weighted by Crippen LogP contribution is -2.48. The van der Waals surface area contributed by atoms with Gasteiger partial charge in [-0.2, -0.15) is 5.10 Å². The van der Waals surface area contributed by atoms with Crippen LogP contribution in [0.4, 0.5) is 16.1 Å². The molecule has 2 aliphatic rings.